The fourth-order valence-corrected chi connectivity index (χ4v) is 11.1. The summed E-state index contributed by atoms with van der Waals surface area (Å²) in [6.07, 6.45) is 7.78. The van der Waals surface area contributed by atoms with Crippen LogP contribution in [-0.2, 0) is 4.74 Å². The number of anilines is 2. The number of esters is 1. The van der Waals surface area contributed by atoms with Crippen molar-refractivity contribution in [3.05, 3.63) is 116 Å². The highest BCUT2D eigenvalue weighted by atomic mass is 35.5. The second-order valence-corrected chi connectivity index (χ2v) is 20.5. The van der Waals surface area contributed by atoms with E-state index in [1.165, 1.54) is 31.4 Å². The second kappa shape index (κ2) is 23.6. The molecule has 2 aromatic heterocycles. The quantitative estimate of drug-likeness (QED) is 0.145. The van der Waals surface area contributed by atoms with E-state index in [9.17, 15) is 28.0 Å². The maximum absolute atomic E-state index is 13.8. The molecule has 2 aromatic carbocycles. The van der Waals surface area contributed by atoms with Crippen molar-refractivity contribution in [1.82, 2.24) is 34.9 Å². The molecule has 14 nitrogen and oxygen atoms in total. The lowest BCUT2D eigenvalue weighted by Crippen LogP contribution is -2.58. The molecule has 0 bridgehead atoms. The van der Waals surface area contributed by atoms with E-state index in [1.807, 2.05) is 41.8 Å². The normalized spacial score (nSPS) is 20.5. The molecule has 4 saturated heterocycles. The van der Waals surface area contributed by atoms with Crippen LogP contribution in [0, 0.1) is 25.5 Å². The predicted octanol–water partition coefficient (Wildman–Crippen LogP) is 8.45. The highest BCUT2D eigenvalue weighted by Crippen LogP contribution is 2.31. The van der Waals surface area contributed by atoms with E-state index in [-0.39, 0.29) is 27.8 Å². The van der Waals surface area contributed by atoms with Gasteiger partial charge in [-0.2, -0.15) is 0 Å². The summed E-state index contributed by atoms with van der Waals surface area (Å²) in [5, 5.41) is 3.06. The molecule has 0 spiro atoms. The number of piperazine rings is 2. The Bertz CT molecular complexity index is 2610. The number of methoxy groups -OCH3 is 1. The predicted molar refractivity (Wildman–Crippen MR) is 276 cm³/mol. The fraction of sp³-hybridized carbons (Fsp3) is 0.519. The molecule has 1 N–H and O–H groups in total. The lowest BCUT2D eigenvalue weighted by molar-refractivity contribution is 0.0485. The number of carbonyl (C=O) groups excluding carboxylic acids is 4. The van der Waals surface area contributed by atoms with Crippen molar-refractivity contribution in [2.45, 2.75) is 109 Å². The second-order valence-electron chi connectivity index (χ2n) is 19.6. The van der Waals surface area contributed by atoms with E-state index >= 15 is 0 Å². The topological polar surface area (TPSA) is 135 Å². The van der Waals surface area contributed by atoms with Crippen molar-refractivity contribution in [2.75, 3.05) is 82.4 Å². The van der Waals surface area contributed by atoms with Crippen molar-refractivity contribution < 1.29 is 32.7 Å². The van der Waals surface area contributed by atoms with Gasteiger partial charge in [0, 0.05) is 107 Å². The van der Waals surface area contributed by atoms with Crippen LogP contribution in [0.4, 0.5) is 20.2 Å². The summed E-state index contributed by atoms with van der Waals surface area (Å²) >= 11 is 11.5. The maximum atomic E-state index is 13.8. The van der Waals surface area contributed by atoms with E-state index in [1.54, 1.807) is 18.2 Å². The van der Waals surface area contributed by atoms with Crippen LogP contribution < -0.4 is 15.1 Å². The van der Waals surface area contributed by atoms with Crippen LogP contribution in [0.15, 0.2) is 60.7 Å². The Morgan fingerprint density at radius 2 is 1.04 bits per heavy atom. The van der Waals surface area contributed by atoms with Gasteiger partial charge in [0.05, 0.1) is 39.9 Å². The van der Waals surface area contributed by atoms with E-state index in [2.05, 4.69) is 48.7 Å². The number of rotatable bonds is 11. The Morgan fingerprint density at radius 3 is 1.43 bits per heavy atom. The number of hydrogen-bond donors (Lipinski definition) is 1. The highest BCUT2D eigenvalue weighted by Gasteiger charge is 2.37. The SMILES string of the molecule is CC[C@H]1CN(c2ccc(C(=O)NC3CC3)nc2C)CCN1C1CCN(C(=O)c2ccc(Cl)c(F)c2)CC1.CC[C@H]1CN(c2ccc(C(=O)OC)nc2C)CCN1C1CCN(C(=O)c2ccc(Cl)c(F)c2)CC1. The Morgan fingerprint density at radius 1 is 0.611 bits per heavy atom. The molecule has 18 heteroatoms. The fourth-order valence-electron chi connectivity index (χ4n) is 10.9. The van der Waals surface area contributed by atoms with Crippen molar-refractivity contribution in [3.63, 3.8) is 0 Å². The lowest BCUT2D eigenvalue weighted by atomic mass is 9.97. The number of likely N-dealkylation sites (tertiary alicyclic amines) is 2. The third-order valence-electron chi connectivity index (χ3n) is 15.1. The number of hydrogen-bond acceptors (Lipinski definition) is 11. The minimum atomic E-state index is -0.568. The van der Waals surface area contributed by atoms with Gasteiger partial charge in [0.15, 0.2) is 0 Å². The summed E-state index contributed by atoms with van der Waals surface area (Å²) in [4.78, 5) is 72.5. The van der Waals surface area contributed by atoms with Gasteiger partial charge in [-0.3, -0.25) is 24.2 Å². The first-order valence-electron chi connectivity index (χ1n) is 25.5. The molecule has 72 heavy (non-hydrogen) atoms. The molecule has 5 aliphatic rings. The Hall–Kier alpha value is -5.42. The Kier molecular flexibility index (Phi) is 17.4. The molecule has 386 valence electrons. The number of piperidine rings is 2. The van der Waals surface area contributed by atoms with Crippen molar-refractivity contribution in [1.29, 1.82) is 0 Å². The highest BCUT2D eigenvalue weighted by molar-refractivity contribution is 6.31. The molecule has 1 saturated carbocycles. The third-order valence-corrected chi connectivity index (χ3v) is 15.7. The van der Waals surface area contributed by atoms with E-state index in [4.69, 9.17) is 27.9 Å². The molecule has 4 aromatic rings. The van der Waals surface area contributed by atoms with Gasteiger partial charge in [0.1, 0.15) is 23.0 Å². The maximum Gasteiger partial charge on any atom is 0.356 e. The van der Waals surface area contributed by atoms with Crippen molar-refractivity contribution in [3.8, 4) is 0 Å². The zero-order chi connectivity index (χ0) is 51.2. The van der Waals surface area contributed by atoms with Crippen molar-refractivity contribution in [2.24, 2.45) is 0 Å². The average Bonchev–Trinajstić information content (AvgIpc) is 4.23. The van der Waals surface area contributed by atoms with Gasteiger partial charge in [-0.15, -0.1) is 0 Å². The van der Waals surface area contributed by atoms with Gasteiger partial charge in [0.2, 0.25) is 0 Å². The number of halogens is 4. The van der Waals surface area contributed by atoms with E-state index < -0.39 is 17.6 Å². The summed E-state index contributed by atoms with van der Waals surface area (Å²) in [6.45, 7) is 16.4. The van der Waals surface area contributed by atoms with Gasteiger partial charge in [-0.1, -0.05) is 37.0 Å². The van der Waals surface area contributed by atoms with Gasteiger partial charge >= 0.3 is 5.97 Å². The molecule has 0 radical (unpaired) electrons. The molecule has 3 amide bonds. The zero-order valence-electron chi connectivity index (χ0n) is 42.0. The number of amides is 3. The molecule has 4 aliphatic heterocycles. The number of benzene rings is 2. The van der Waals surface area contributed by atoms with Gasteiger partial charge < -0.3 is 29.7 Å². The van der Waals surface area contributed by atoms with Crippen LogP contribution in [0.25, 0.3) is 0 Å². The Balaban J connectivity index is 0.000000193. The summed E-state index contributed by atoms with van der Waals surface area (Å²) in [7, 11) is 1.36. The number of aryl methyl sites for hydroxylation is 2. The van der Waals surface area contributed by atoms with Gasteiger partial charge in [-0.05, 0) is 126 Å². The first kappa shape index (κ1) is 52.9. The van der Waals surface area contributed by atoms with Crippen LogP contribution >= 0.6 is 23.2 Å². The molecule has 2 atom stereocenters. The minimum absolute atomic E-state index is 0.0235. The number of ether oxygens (including phenoxy) is 1. The standard InChI is InChI=1S/C28H35ClFN5O2.C26H32ClFN4O3/c1-3-21-17-34(26-9-8-25(31-18(26)2)27(36)32-20-5-6-20)14-15-35(21)22-10-12-33(13-11-22)28(37)19-4-7-23(29)24(30)16-19;1-4-19-16-31(24-8-7-23(26(34)35-3)29-17(24)2)13-14-32(19)20-9-11-30(12-10-20)25(33)18-5-6-21(27)22(28)15-18/h4,7-9,16,20-22H,3,5-6,10-15,17H2,1-2H3,(H,32,36);5-8,15,19-20H,4,9-14,16H2,1-3H3/t21-;19-/m00/s1. The molecule has 1 aliphatic carbocycles. The van der Waals surface area contributed by atoms with Crippen LogP contribution in [0.2, 0.25) is 10.0 Å². The third kappa shape index (κ3) is 12.3. The van der Waals surface area contributed by atoms with Crippen LogP contribution in [0.3, 0.4) is 0 Å². The first-order chi connectivity index (χ1) is 34.6. The largest absolute Gasteiger partial charge is 0.464 e. The van der Waals surface area contributed by atoms with Crippen LogP contribution in [0.1, 0.15) is 118 Å². The minimum Gasteiger partial charge on any atom is -0.464 e. The number of nitrogens with zero attached hydrogens (tertiary/aromatic N) is 8. The van der Waals surface area contributed by atoms with E-state index in [0.29, 0.717) is 78.9 Å². The summed E-state index contributed by atoms with van der Waals surface area (Å²) in [6, 6.07) is 18.0. The smallest absolute Gasteiger partial charge is 0.356 e. The first-order valence-corrected chi connectivity index (χ1v) is 26.3. The Labute approximate surface area is 432 Å². The van der Waals surface area contributed by atoms with Crippen LogP contribution in [-0.4, -0.2) is 156 Å². The lowest BCUT2D eigenvalue weighted by Gasteiger charge is -2.48. The molecular weight excluding hydrogens is 964 g/mol. The molecule has 6 heterocycles. The zero-order valence-corrected chi connectivity index (χ0v) is 43.5. The summed E-state index contributed by atoms with van der Waals surface area (Å²) in [5.74, 6) is -1.92. The number of aromatic nitrogens is 2. The van der Waals surface area contributed by atoms with E-state index in [0.717, 1.165) is 113 Å². The molecule has 9 rings (SSSR count). The van der Waals surface area contributed by atoms with Gasteiger partial charge in [-0.25, -0.2) is 23.5 Å². The molecular formula is C54H67Cl2F2N9O5. The monoisotopic (exact) mass is 1030 g/mol. The van der Waals surface area contributed by atoms with Gasteiger partial charge in [0.25, 0.3) is 17.7 Å². The summed E-state index contributed by atoms with van der Waals surface area (Å²) < 4.78 is 32.4. The number of pyridine rings is 2. The number of nitrogens with one attached hydrogen (secondary N) is 1. The number of carbonyl (C=O) groups is 4. The average molecular weight is 1030 g/mol. The van der Waals surface area contributed by atoms with Crippen molar-refractivity contribution >= 4 is 58.3 Å². The summed E-state index contributed by atoms with van der Waals surface area (Å²) in [5.41, 5.74) is 5.35. The molecule has 0 unspecified atom stereocenters. The molecule has 5 fully saturated rings. The van der Waals surface area contributed by atoms with Crippen LogP contribution in [0.5, 0.6) is 0 Å².